The zero-order valence-corrected chi connectivity index (χ0v) is 13.2. The highest BCUT2D eigenvalue weighted by atomic mass is 16.5. The van der Waals surface area contributed by atoms with Crippen LogP contribution in [0, 0.1) is 0 Å². The number of carbonyl (C=O) groups excluding carboxylic acids is 1. The van der Waals surface area contributed by atoms with Crippen LogP contribution < -0.4 is 5.69 Å². The number of aryl methyl sites for hydroxylation is 1. The van der Waals surface area contributed by atoms with Crippen LogP contribution in [-0.2, 0) is 16.1 Å². The quantitative estimate of drug-likeness (QED) is 0.757. The normalized spacial score (nSPS) is 12.5. The number of ether oxygens (including phenoxy) is 1. The first-order valence-corrected chi connectivity index (χ1v) is 7.41. The fourth-order valence-corrected chi connectivity index (χ4v) is 2.52. The maximum absolute atomic E-state index is 12.3. The summed E-state index contributed by atoms with van der Waals surface area (Å²) in [4.78, 5) is 26.2. The number of rotatable bonds is 7. The van der Waals surface area contributed by atoms with Crippen molar-refractivity contribution >= 4 is 11.6 Å². The molecule has 0 bridgehead atoms. The molecular weight excluding hydrogens is 284 g/mol. The Bertz CT molecular complexity index is 691. The maximum Gasteiger partial charge on any atom is 0.350 e. The van der Waals surface area contributed by atoms with Crippen molar-refractivity contribution in [1.82, 2.24) is 19.1 Å². The van der Waals surface area contributed by atoms with Gasteiger partial charge in [-0.2, -0.15) is 0 Å². The first-order valence-electron chi connectivity index (χ1n) is 7.41. The van der Waals surface area contributed by atoms with E-state index in [2.05, 4.69) is 5.10 Å². The predicted octanol–water partition coefficient (Wildman–Crippen LogP) is 0.769. The first-order chi connectivity index (χ1) is 10.6. The zero-order chi connectivity index (χ0) is 16.1. The van der Waals surface area contributed by atoms with E-state index < -0.39 is 0 Å². The van der Waals surface area contributed by atoms with Crippen molar-refractivity contribution < 1.29 is 9.53 Å². The second-order valence-electron chi connectivity index (χ2n) is 5.17. The van der Waals surface area contributed by atoms with Crippen LogP contribution in [0.15, 0.2) is 29.2 Å². The molecule has 0 aliphatic carbocycles. The standard InChI is InChI=1S/C15H22N4O3/c1-4-17(12(2)11-22-3)14(20)8-10-19-15(21)18-9-6-5-7-13(18)16-19/h5-7,9,12H,4,8,10-11H2,1-3H3/t12-/m0/s1. The highest BCUT2D eigenvalue weighted by molar-refractivity contribution is 5.76. The summed E-state index contributed by atoms with van der Waals surface area (Å²) in [7, 11) is 1.62. The fraction of sp³-hybridized carbons (Fsp3) is 0.533. The third-order valence-electron chi connectivity index (χ3n) is 3.63. The summed E-state index contributed by atoms with van der Waals surface area (Å²) < 4.78 is 7.90. The molecule has 1 atom stereocenters. The van der Waals surface area contributed by atoms with E-state index in [1.54, 1.807) is 30.3 Å². The number of aromatic nitrogens is 3. The van der Waals surface area contributed by atoms with E-state index in [4.69, 9.17) is 4.74 Å². The number of carbonyl (C=O) groups is 1. The molecule has 0 aliphatic rings. The Morgan fingerprint density at radius 3 is 2.86 bits per heavy atom. The Labute approximate surface area is 129 Å². The van der Waals surface area contributed by atoms with Crippen molar-refractivity contribution in [2.45, 2.75) is 32.9 Å². The van der Waals surface area contributed by atoms with Gasteiger partial charge in [0.05, 0.1) is 19.2 Å². The molecule has 0 aliphatic heterocycles. The molecule has 22 heavy (non-hydrogen) atoms. The Kier molecular flexibility index (Phi) is 5.32. The third-order valence-corrected chi connectivity index (χ3v) is 3.63. The Hall–Kier alpha value is -2.15. The number of methoxy groups -OCH3 is 1. The summed E-state index contributed by atoms with van der Waals surface area (Å²) >= 11 is 0. The average Bonchev–Trinajstić information content (AvgIpc) is 2.83. The van der Waals surface area contributed by atoms with Gasteiger partial charge in [0, 0.05) is 26.3 Å². The number of nitrogens with zero attached hydrogens (tertiary/aromatic N) is 4. The van der Waals surface area contributed by atoms with E-state index in [1.165, 1.54) is 9.08 Å². The van der Waals surface area contributed by atoms with Gasteiger partial charge in [0.25, 0.3) is 0 Å². The molecule has 0 N–H and O–H groups in total. The van der Waals surface area contributed by atoms with Crippen molar-refractivity contribution in [1.29, 1.82) is 0 Å². The van der Waals surface area contributed by atoms with E-state index in [-0.39, 0.29) is 30.6 Å². The minimum Gasteiger partial charge on any atom is -0.383 e. The van der Waals surface area contributed by atoms with Crippen LogP contribution >= 0.6 is 0 Å². The number of amides is 1. The van der Waals surface area contributed by atoms with Gasteiger partial charge < -0.3 is 9.64 Å². The van der Waals surface area contributed by atoms with Crippen LogP contribution in [0.1, 0.15) is 20.3 Å². The molecule has 0 saturated heterocycles. The van der Waals surface area contributed by atoms with Crippen LogP contribution in [0.25, 0.3) is 5.65 Å². The molecule has 2 heterocycles. The molecule has 0 radical (unpaired) electrons. The molecule has 2 aromatic rings. The number of fused-ring (bicyclic) bond motifs is 1. The van der Waals surface area contributed by atoms with Crippen molar-refractivity contribution in [3.63, 3.8) is 0 Å². The van der Waals surface area contributed by atoms with Crippen LogP contribution in [0.2, 0.25) is 0 Å². The lowest BCUT2D eigenvalue weighted by Gasteiger charge is -2.27. The zero-order valence-electron chi connectivity index (χ0n) is 13.2. The first kappa shape index (κ1) is 16.2. The monoisotopic (exact) mass is 306 g/mol. The average molecular weight is 306 g/mol. The molecule has 0 fully saturated rings. The van der Waals surface area contributed by atoms with Crippen molar-refractivity contribution in [2.24, 2.45) is 0 Å². The van der Waals surface area contributed by atoms with Crippen molar-refractivity contribution in [3.8, 4) is 0 Å². The van der Waals surface area contributed by atoms with Gasteiger partial charge >= 0.3 is 5.69 Å². The lowest BCUT2D eigenvalue weighted by atomic mass is 10.2. The summed E-state index contributed by atoms with van der Waals surface area (Å²) in [5.41, 5.74) is 0.358. The largest absolute Gasteiger partial charge is 0.383 e. The van der Waals surface area contributed by atoms with Gasteiger partial charge in [-0.3, -0.25) is 9.20 Å². The van der Waals surface area contributed by atoms with E-state index in [0.29, 0.717) is 18.8 Å². The second-order valence-corrected chi connectivity index (χ2v) is 5.17. The van der Waals surface area contributed by atoms with Gasteiger partial charge in [0.15, 0.2) is 5.65 Å². The minimum atomic E-state index is -0.226. The molecule has 2 rings (SSSR count). The number of hydrogen-bond donors (Lipinski definition) is 0. The van der Waals surface area contributed by atoms with Gasteiger partial charge in [0.1, 0.15) is 0 Å². The summed E-state index contributed by atoms with van der Waals surface area (Å²) in [6.45, 7) is 5.26. The maximum atomic E-state index is 12.3. The molecule has 0 unspecified atom stereocenters. The van der Waals surface area contributed by atoms with Gasteiger partial charge in [-0.05, 0) is 26.0 Å². The Morgan fingerprint density at radius 2 is 2.23 bits per heavy atom. The number of likely N-dealkylation sites (N-methyl/N-ethyl adjacent to an activating group) is 1. The van der Waals surface area contributed by atoms with Crippen LogP contribution in [0.4, 0.5) is 0 Å². The van der Waals surface area contributed by atoms with Gasteiger partial charge in [0.2, 0.25) is 5.91 Å². The molecule has 0 spiro atoms. The highest BCUT2D eigenvalue weighted by Crippen LogP contribution is 2.04. The SMILES string of the molecule is CCN(C(=O)CCn1nc2ccccn2c1=O)[C@@H](C)COC. The van der Waals surface area contributed by atoms with Crippen molar-refractivity contribution in [2.75, 3.05) is 20.3 Å². The minimum absolute atomic E-state index is 0.00370. The van der Waals surface area contributed by atoms with Gasteiger partial charge in [-0.1, -0.05) is 6.07 Å². The molecule has 1 amide bonds. The lowest BCUT2D eigenvalue weighted by molar-refractivity contribution is -0.134. The van der Waals surface area contributed by atoms with E-state index in [0.717, 1.165) is 0 Å². The number of pyridine rings is 1. The Morgan fingerprint density at radius 1 is 1.45 bits per heavy atom. The Balaban J connectivity index is 2.06. The molecule has 7 heteroatoms. The van der Waals surface area contributed by atoms with Crippen molar-refractivity contribution in [3.05, 3.63) is 34.9 Å². The molecule has 2 aromatic heterocycles. The second kappa shape index (κ2) is 7.22. The summed E-state index contributed by atoms with van der Waals surface area (Å²) in [6, 6.07) is 5.37. The lowest BCUT2D eigenvalue weighted by Crippen LogP contribution is -2.41. The van der Waals surface area contributed by atoms with E-state index >= 15 is 0 Å². The van der Waals surface area contributed by atoms with Crippen LogP contribution in [0.5, 0.6) is 0 Å². The summed E-state index contributed by atoms with van der Waals surface area (Å²) in [5, 5.41) is 4.22. The van der Waals surface area contributed by atoms with Crippen LogP contribution in [0.3, 0.4) is 0 Å². The third kappa shape index (κ3) is 3.36. The fourth-order valence-electron chi connectivity index (χ4n) is 2.52. The van der Waals surface area contributed by atoms with Crippen LogP contribution in [-0.4, -0.2) is 51.3 Å². The predicted molar refractivity (Wildman–Crippen MR) is 82.8 cm³/mol. The molecular formula is C15H22N4O3. The highest BCUT2D eigenvalue weighted by Gasteiger charge is 2.18. The van der Waals surface area contributed by atoms with E-state index in [1.807, 2.05) is 19.9 Å². The molecule has 120 valence electrons. The molecule has 0 aromatic carbocycles. The molecule has 7 nitrogen and oxygen atoms in total. The summed E-state index contributed by atoms with van der Waals surface area (Å²) in [5.74, 6) is -0.00370. The van der Waals surface area contributed by atoms with E-state index in [9.17, 15) is 9.59 Å². The number of hydrogen-bond acceptors (Lipinski definition) is 4. The topological polar surface area (TPSA) is 68.8 Å². The summed E-state index contributed by atoms with van der Waals surface area (Å²) in [6.07, 6.45) is 1.91. The molecule has 0 saturated carbocycles. The smallest absolute Gasteiger partial charge is 0.350 e. The van der Waals surface area contributed by atoms with Gasteiger partial charge in [-0.15, -0.1) is 5.10 Å². The van der Waals surface area contributed by atoms with Gasteiger partial charge in [-0.25, -0.2) is 9.48 Å².